The fraction of sp³-hybridized carbons (Fsp3) is 1.00. The lowest BCUT2D eigenvalue weighted by atomic mass is 9.95. The summed E-state index contributed by atoms with van der Waals surface area (Å²) in [6, 6.07) is 0. The summed E-state index contributed by atoms with van der Waals surface area (Å²) in [4.78, 5) is 2.64. The van der Waals surface area contributed by atoms with E-state index in [1.807, 2.05) is 0 Å². The molecule has 1 saturated heterocycles. The summed E-state index contributed by atoms with van der Waals surface area (Å²) in [7, 11) is 0. The Kier molecular flexibility index (Phi) is 4.83. The molecule has 0 bridgehead atoms. The van der Waals surface area contributed by atoms with E-state index in [2.05, 4.69) is 24.1 Å². The standard InChI is InChI=1S/C14H28N2O/c1-3-17-11-5-10-16-9-4-8-15-14(2,12-16)13-6-7-13/h13,15H,3-12H2,1-2H3. The van der Waals surface area contributed by atoms with E-state index in [0.717, 1.165) is 19.1 Å². The quantitative estimate of drug-likeness (QED) is 0.717. The predicted molar refractivity (Wildman–Crippen MR) is 71.3 cm³/mol. The summed E-state index contributed by atoms with van der Waals surface area (Å²) in [6.07, 6.45) is 5.32. The molecule has 2 fully saturated rings. The maximum absolute atomic E-state index is 5.43. The largest absolute Gasteiger partial charge is 0.382 e. The summed E-state index contributed by atoms with van der Waals surface area (Å²) in [5.74, 6) is 0.926. The van der Waals surface area contributed by atoms with Crippen molar-refractivity contribution in [3.8, 4) is 0 Å². The molecule has 0 radical (unpaired) electrons. The second kappa shape index (κ2) is 6.17. The second-order valence-corrected chi connectivity index (χ2v) is 5.80. The molecule has 0 amide bonds. The molecule has 3 heteroatoms. The average Bonchev–Trinajstić information content (AvgIpc) is 3.12. The van der Waals surface area contributed by atoms with Gasteiger partial charge in [-0.15, -0.1) is 0 Å². The van der Waals surface area contributed by atoms with Crippen molar-refractivity contribution in [2.24, 2.45) is 5.92 Å². The first-order chi connectivity index (χ1) is 8.24. The Morgan fingerprint density at radius 3 is 2.94 bits per heavy atom. The van der Waals surface area contributed by atoms with Crippen LogP contribution < -0.4 is 5.32 Å². The molecule has 0 aromatic rings. The minimum atomic E-state index is 0.377. The van der Waals surface area contributed by atoms with Crippen molar-refractivity contribution in [2.75, 3.05) is 39.4 Å². The molecule has 100 valence electrons. The first kappa shape index (κ1) is 13.3. The molecule has 1 N–H and O–H groups in total. The minimum Gasteiger partial charge on any atom is -0.382 e. The molecule has 2 rings (SSSR count). The molecule has 0 aromatic heterocycles. The van der Waals surface area contributed by atoms with Crippen molar-refractivity contribution in [2.45, 2.75) is 45.1 Å². The maximum Gasteiger partial charge on any atom is 0.0478 e. The third kappa shape index (κ3) is 3.94. The molecule has 1 unspecified atom stereocenters. The van der Waals surface area contributed by atoms with Gasteiger partial charge < -0.3 is 15.0 Å². The minimum absolute atomic E-state index is 0.377. The Balaban J connectivity index is 1.76. The van der Waals surface area contributed by atoms with Gasteiger partial charge >= 0.3 is 0 Å². The summed E-state index contributed by atoms with van der Waals surface area (Å²) < 4.78 is 5.43. The highest BCUT2D eigenvalue weighted by molar-refractivity contribution is 5.00. The van der Waals surface area contributed by atoms with Gasteiger partial charge in [0.05, 0.1) is 0 Å². The lowest BCUT2D eigenvalue weighted by Gasteiger charge is -2.34. The average molecular weight is 240 g/mol. The van der Waals surface area contributed by atoms with Gasteiger partial charge in [0.25, 0.3) is 0 Å². The number of nitrogens with one attached hydrogen (secondary N) is 1. The van der Waals surface area contributed by atoms with E-state index in [0.29, 0.717) is 5.54 Å². The zero-order valence-corrected chi connectivity index (χ0v) is 11.5. The van der Waals surface area contributed by atoms with E-state index in [-0.39, 0.29) is 0 Å². The van der Waals surface area contributed by atoms with Crippen LogP contribution in [-0.4, -0.2) is 49.8 Å². The van der Waals surface area contributed by atoms with Crippen LogP contribution in [0.2, 0.25) is 0 Å². The van der Waals surface area contributed by atoms with E-state index in [1.165, 1.54) is 51.9 Å². The van der Waals surface area contributed by atoms with Crippen molar-refractivity contribution >= 4 is 0 Å². The molecule has 1 atom stereocenters. The highest BCUT2D eigenvalue weighted by Gasteiger charge is 2.42. The number of hydrogen-bond donors (Lipinski definition) is 1. The Morgan fingerprint density at radius 2 is 2.24 bits per heavy atom. The fourth-order valence-corrected chi connectivity index (χ4v) is 3.00. The van der Waals surface area contributed by atoms with Crippen molar-refractivity contribution in [3.05, 3.63) is 0 Å². The van der Waals surface area contributed by atoms with Gasteiger partial charge in [0.2, 0.25) is 0 Å². The first-order valence-corrected chi connectivity index (χ1v) is 7.30. The van der Waals surface area contributed by atoms with E-state index >= 15 is 0 Å². The van der Waals surface area contributed by atoms with E-state index in [1.54, 1.807) is 0 Å². The van der Waals surface area contributed by atoms with E-state index in [9.17, 15) is 0 Å². The van der Waals surface area contributed by atoms with Gasteiger partial charge in [-0.3, -0.25) is 0 Å². The van der Waals surface area contributed by atoms with Crippen LogP contribution in [0.1, 0.15) is 39.5 Å². The van der Waals surface area contributed by atoms with Gasteiger partial charge in [-0.25, -0.2) is 0 Å². The van der Waals surface area contributed by atoms with Gasteiger partial charge in [0, 0.05) is 31.8 Å². The van der Waals surface area contributed by atoms with Gasteiger partial charge in [0.1, 0.15) is 0 Å². The van der Waals surface area contributed by atoms with Crippen LogP contribution >= 0.6 is 0 Å². The molecule has 3 nitrogen and oxygen atoms in total. The molecule has 17 heavy (non-hydrogen) atoms. The molecule has 2 aliphatic rings. The van der Waals surface area contributed by atoms with Gasteiger partial charge in [-0.05, 0) is 58.5 Å². The topological polar surface area (TPSA) is 24.5 Å². The Bertz CT molecular complexity index is 230. The van der Waals surface area contributed by atoms with Crippen LogP contribution in [-0.2, 0) is 4.74 Å². The summed E-state index contributed by atoms with van der Waals surface area (Å²) in [5, 5.41) is 3.78. The third-order valence-electron chi connectivity index (χ3n) is 4.18. The number of ether oxygens (including phenoxy) is 1. The smallest absolute Gasteiger partial charge is 0.0478 e. The lowest BCUT2D eigenvalue weighted by molar-refractivity contribution is 0.125. The van der Waals surface area contributed by atoms with Crippen LogP contribution in [0.3, 0.4) is 0 Å². The number of hydrogen-bond acceptors (Lipinski definition) is 3. The normalized spacial score (nSPS) is 31.4. The monoisotopic (exact) mass is 240 g/mol. The molecule has 0 aromatic carbocycles. The van der Waals surface area contributed by atoms with Crippen LogP contribution in [0.15, 0.2) is 0 Å². The van der Waals surface area contributed by atoms with Crippen LogP contribution in [0.4, 0.5) is 0 Å². The Labute approximate surface area is 106 Å². The van der Waals surface area contributed by atoms with Crippen LogP contribution in [0.25, 0.3) is 0 Å². The number of nitrogens with zero attached hydrogens (tertiary/aromatic N) is 1. The maximum atomic E-state index is 5.43. The highest BCUT2D eigenvalue weighted by Crippen LogP contribution is 2.40. The second-order valence-electron chi connectivity index (χ2n) is 5.80. The highest BCUT2D eigenvalue weighted by atomic mass is 16.5. The van der Waals surface area contributed by atoms with Crippen LogP contribution in [0.5, 0.6) is 0 Å². The summed E-state index contributed by atoms with van der Waals surface area (Å²) in [5.41, 5.74) is 0.377. The lowest BCUT2D eigenvalue weighted by Crippen LogP contribution is -2.51. The van der Waals surface area contributed by atoms with Crippen molar-refractivity contribution in [1.82, 2.24) is 10.2 Å². The van der Waals surface area contributed by atoms with E-state index in [4.69, 9.17) is 4.74 Å². The molecular formula is C14H28N2O. The molecule has 1 saturated carbocycles. The Morgan fingerprint density at radius 1 is 1.41 bits per heavy atom. The SMILES string of the molecule is CCOCCCN1CCCNC(C)(C2CC2)C1. The van der Waals surface area contributed by atoms with Gasteiger partial charge in [-0.2, -0.15) is 0 Å². The zero-order valence-electron chi connectivity index (χ0n) is 11.5. The van der Waals surface area contributed by atoms with Gasteiger partial charge in [-0.1, -0.05) is 0 Å². The predicted octanol–water partition coefficient (Wildman–Crippen LogP) is 1.88. The molecule has 1 heterocycles. The molecular weight excluding hydrogens is 212 g/mol. The van der Waals surface area contributed by atoms with Gasteiger partial charge in [0.15, 0.2) is 0 Å². The molecule has 1 aliphatic heterocycles. The first-order valence-electron chi connectivity index (χ1n) is 7.30. The third-order valence-corrected chi connectivity index (χ3v) is 4.18. The van der Waals surface area contributed by atoms with Crippen LogP contribution in [0, 0.1) is 5.92 Å². The van der Waals surface area contributed by atoms with Crippen molar-refractivity contribution < 1.29 is 4.74 Å². The Hall–Kier alpha value is -0.120. The van der Waals surface area contributed by atoms with E-state index < -0.39 is 0 Å². The summed E-state index contributed by atoms with van der Waals surface area (Å²) >= 11 is 0. The zero-order chi connectivity index (χ0) is 12.1. The van der Waals surface area contributed by atoms with Crippen molar-refractivity contribution in [1.29, 1.82) is 0 Å². The number of rotatable bonds is 6. The van der Waals surface area contributed by atoms with Crippen molar-refractivity contribution in [3.63, 3.8) is 0 Å². The fourth-order valence-electron chi connectivity index (χ4n) is 3.00. The molecule has 1 aliphatic carbocycles. The summed E-state index contributed by atoms with van der Waals surface area (Å²) in [6.45, 7) is 11.1. The molecule has 0 spiro atoms.